The van der Waals surface area contributed by atoms with Gasteiger partial charge in [-0.3, -0.25) is 4.57 Å². The molecule has 1 fully saturated rings. The summed E-state index contributed by atoms with van der Waals surface area (Å²) < 4.78 is 41.4. The molecule has 0 amide bonds. The summed E-state index contributed by atoms with van der Waals surface area (Å²) in [5.74, 6) is 1.07. The minimum Gasteiger partial charge on any atom is -0.424 e. The molecule has 1 aliphatic heterocycles. The molecule has 5 rings (SSSR count). The lowest BCUT2D eigenvalue weighted by atomic mass is 10.2. The van der Waals surface area contributed by atoms with Crippen molar-refractivity contribution in [2.24, 2.45) is 0 Å². The number of nitrogens with one attached hydrogen (secondary N) is 1. The molecule has 12 nitrogen and oxygen atoms in total. The molecule has 0 unspecified atom stereocenters. The molecule has 0 bridgehead atoms. The molecule has 3 heterocycles. The molecular formula is C23H28N8O4S. The van der Waals surface area contributed by atoms with Crippen LogP contribution in [0.3, 0.4) is 0 Å². The highest BCUT2D eigenvalue weighted by molar-refractivity contribution is 7.89. The molecule has 1 aliphatic rings. The van der Waals surface area contributed by atoms with Crippen LogP contribution in [0.25, 0.3) is 11.0 Å². The first kappa shape index (κ1) is 24.2. The first-order chi connectivity index (χ1) is 17.4. The SMILES string of the molecule is CCn1c(Oc2cccc(N3CCN(C)CC3)c2)nnc1[C@@H](C)NS(=O)(=O)c1cccc2nonc12. The van der Waals surface area contributed by atoms with Crippen molar-refractivity contribution in [2.45, 2.75) is 31.3 Å². The topological polar surface area (TPSA) is 132 Å². The van der Waals surface area contributed by atoms with Crippen LogP contribution in [0.4, 0.5) is 5.69 Å². The number of fused-ring (bicyclic) bond motifs is 1. The standard InChI is InChI=1S/C23H28N8O4S/c1-4-31-22(16(2)28-36(32,33)20-10-6-9-19-21(20)27-35-26-19)24-25-23(31)34-18-8-5-7-17(15-18)30-13-11-29(3)12-14-30/h5-10,15-16,28H,4,11-14H2,1-3H3/t16-/m1/s1. The van der Waals surface area contributed by atoms with Crippen LogP contribution >= 0.6 is 0 Å². The van der Waals surface area contributed by atoms with Crippen molar-refractivity contribution in [3.8, 4) is 11.8 Å². The first-order valence-corrected chi connectivity index (χ1v) is 13.2. The van der Waals surface area contributed by atoms with E-state index >= 15 is 0 Å². The molecule has 0 saturated carbocycles. The minimum absolute atomic E-state index is 0.0205. The summed E-state index contributed by atoms with van der Waals surface area (Å²) in [4.78, 5) is 4.61. The number of rotatable bonds is 8. The van der Waals surface area contributed by atoms with Gasteiger partial charge in [0.1, 0.15) is 16.2 Å². The summed E-state index contributed by atoms with van der Waals surface area (Å²) >= 11 is 0. The van der Waals surface area contributed by atoms with Gasteiger partial charge in [0.15, 0.2) is 11.3 Å². The van der Waals surface area contributed by atoms with Gasteiger partial charge in [0.25, 0.3) is 0 Å². The van der Waals surface area contributed by atoms with Crippen LogP contribution in [-0.2, 0) is 16.6 Å². The average molecular weight is 513 g/mol. The first-order valence-electron chi connectivity index (χ1n) is 11.7. The van der Waals surface area contributed by atoms with Crippen molar-refractivity contribution in [2.75, 3.05) is 38.1 Å². The van der Waals surface area contributed by atoms with E-state index in [1.54, 1.807) is 23.6 Å². The largest absolute Gasteiger partial charge is 0.424 e. The minimum atomic E-state index is -3.94. The number of sulfonamides is 1. The van der Waals surface area contributed by atoms with Crippen molar-refractivity contribution < 1.29 is 17.8 Å². The third-order valence-corrected chi connectivity index (χ3v) is 7.79. The number of piperazine rings is 1. The Labute approximate surface area is 208 Å². The van der Waals surface area contributed by atoms with Gasteiger partial charge in [-0.25, -0.2) is 17.8 Å². The van der Waals surface area contributed by atoms with Gasteiger partial charge in [0, 0.05) is 44.5 Å². The van der Waals surface area contributed by atoms with Crippen molar-refractivity contribution in [3.63, 3.8) is 0 Å². The smallest absolute Gasteiger partial charge is 0.322 e. The number of aromatic nitrogens is 5. The molecule has 2 aromatic carbocycles. The number of hydrogen-bond acceptors (Lipinski definition) is 10. The summed E-state index contributed by atoms with van der Waals surface area (Å²) in [5, 5.41) is 15.9. The van der Waals surface area contributed by atoms with Crippen molar-refractivity contribution in [1.29, 1.82) is 0 Å². The molecule has 0 radical (unpaired) electrons. The second kappa shape index (κ2) is 9.84. The molecule has 2 aromatic heterocycles. The van der Waals surface area contributed by atoms with E-state index in [1.807, 2.05) is 25.1 Å². The van der Waals surface area contributed by atoms with Gasteiger partial charge in [-0.1, -0.05) is 17.2 Å². The molecular weight excluding hydrogens is 484 g/mol. The van der Waals surface area contributed by atoms with E-state index in [2.05, 4.69) is 48.1 Å². The summed E-state index contributed by atoms with van der Waals surface area (Å²) in [5.41, 5.74) is 1.61. The predicted molar refractivity (Wildman–Crippen MR) is 132 cm³/mol. The fourth-order valence-corrected chi connectivity index (χ4v) is 5.61. The Hall–Kier alpha value is -3.55. The van der Waals surface area contributed by atoms with Crippen LogP contribution in [0, 0.1) is 0 Å². The van der Waals surface area contributed by atoms with E-state index in [1.165, 1.54) is 6.07 Å². The third-order valence-electron chi connectivity index (χ3n) is 6.21. The highest BCUT2D eigenvalue weighted by Crippen LogP contribution is 2.28. The maximum Gasteiger partial charge on any atom is 0.322 e. The van der Waals surface area contributed by atoms with Crippen molar-refractivity contribution >= 4 is 26.7 Å². The van der Waals surface area contributed by atoms with E-state index in [9.17, 15) is 8.42 Å². The lowest BCUT2D eigenvalue weighted by Gasteiger charge is -2.34. The summed E-state index contributed by atoms with van der Waals surface area (Å²) in [6.45, 7) is 8.03. The van der Waals surface area contributed by atoms with Gasteiger partial charge >= 0.3 is 6.01 Å². The van der Waals surface area contributed by atoms with Crippen molar-refractivity contribution in [3.05, 3.63) is 48.3 Å². The Morgan fingerprint density at radius 2 is 1.86 bits per heavy atom. The fourth-order valence-electron chi connectivity index (χ4n) is 4.25. The molecule has 36 heavy (non-hydrogen) atoms. The Balaban J connectivity index is 1.35. The van der Waals surface area contributed by atoms with E-state index in [0.717, 1.165) is 31.9 Å². The number of hydrogen-bond donors (Lipinski definition) is 1. The Bertz CT molecular complexity index is 1460. The number of benzene rings is 2. The molecule has 13 heteroatoms. The quantitative estimate of drug-likeness (QED) is 0.375. The Morgan fingerprint density at radius 1 is 1.08 bits per heavy atom. The number of nitrogens with zero attached hydrogens (tertiary/aromatic N) is 7. The summed E-state index contributed by atoms with van der Waals surface area (Å²) in [7, 11) is -1.82. The van der Waals surface area contributed by atoms with Crippen LogP contribution in [-0.4, -0.2) is 71.6 Å². The van der Waals surface area contributed by atoms with Gasteiger partial charge in [-0.15, -0.1) is 5.10 Å². The summed E-state index contributed by atoms with van der Waals surface area (Å²) in [6, 6.07) is 12.1. The molecule has 1 atom stereocenters. The summed E-state index contributed by atoms with van der Waals surface area (Å²) in [6.07, 6.45) is 0. The van der Waals surface area contributed by atoms with E-state index < -0.39 is 16.1 Å². The number of anilines is 1. The Kier molecular flexibility index (Phi) is 6.60. The zero-order valence-electron chi connectivity index (χ0n) is 20.3. The maximum atomic E-state index is 13.1. The van der Waals surface area contributed by atoms with Crippen LogP contribution < -0.4 is 14.4 Å². The highest BCUT2D eigenvalue weighted by Gasteiger charge is 2.26. The normalized spacial score (nSPS) is 15.9. The van der Waals surface area contributed by atoms with Crippen LogP contribution in [0.1, 0.15) is 25.7 Å². The van der Waals surface area contributed by atoms with Gasteiger partial charge < -0.3 is 14.5 Å². The van der Waals surface area contributed by atoms with Crippen LogP contribution in [0.2, 0.25) is 0 Å². The molecule has 190 valence electrons. The number of ether oxygens (including phenoxy) is 1. The molecule has 1 saturated heterocycles. The van der Waals surface area contributed by atoms with Gasteiger partial charge in [-0.05, 0) is 55.5 Å². The maximum absolute atomic E-state index is 13.1. The zero-order valence-corrected chi connectivity index (χ0v) is 21.1. The Morgan fingerprint density at radius 3 is 2.64 bits per heavy atom. The molecule has 0 spiro atoms. The fraction of sp³-hybridized carbons (Fsp3) is 0.391. The lowest BCUT2D eigenvalue weighted by molar-refractivity contribution is 0.312. The lowest BCUT2D eigenvalue weighted by Crippen LogP contribution is -2.44. The number of likely N-dealkylation sites (N-methyl/N-ethyl adjacent to an activating group) is 1. The predicted octanol–water partition coefficient (Wildman–Crippen LogP) is 2.42. The molecule has 0 aliphatic carbocycles. The van der Waals surface area contributed by atoms with Gasteiger partial charge in [0.2, 0.25) is 10.0 Å². The van der Waals surface area contributed by atoms with E-state index in [4.69, 9.17) is 9.37 Å². The van der Waals surface area contributed by atoms with Crippen molar-refractivity contribution in [1.82, 2.24) is 34.7 Å². The van der Waals surface area contributed by atoms with Gasteiger partial charge in [0.05, 0.1) is 6.04 Å². The second-order valence-electron chi connectivity index (χ2n) is 8.71. The second-order valence-corrected chi connectivity index (χ2v) is 10.4. The third kappa shape index (κ3) is 4.76. The van der Waals surface area contributed by atoms with Gasteiger partial charge in [-0.2, -0.15) is 0 Å². The zero-order chi connectivity index (χ0) is 25.3. The molecule has 4 aromatic rings. The average Bonchev–Trinajstić information content (AvgIpc) is 3.51. The molecule has 1 N–H and O–H groups in total. The highest BCUT2D eigenvalue weighted by atomic mass is 32.2. The van der Waals surface area contributed by atoms with E-state index in [0.29, 0.717) is 23.6 Å². The van der Waals surface area contributed by atoms with E-state index in [-0.39, 0.29) is 16.4 Å². The monoisotopic (exact) mass is 512 g/mol. The van der Waals surface area contributed by atoms with Crippen LogP contribution in [0.15, 0.2) is 52.0 Å². The van der Waals surface area contributed by atoms with Crippen LogP contribution in [0.5, 0.6) is 11.8 Å².